The quantitative estimate of drug-likeness (QED) is 0.377. The molecule has 2 aliphatic rings. The molecule has 37 heavy (non-hydrogen) atoms. The number of hydrogen-bond donors (Lipinski definition) is 2. The third-order valence-electron chi connectivity index (χ3n) is 7.90. The average molecular weight is 568 g/mol. The van der Waals surface area contributed by atoms with Gasteiger partial charge in [-0.3, -0.25) is 14.5 Å². The van der Waals surface area contributed by atoms with Crippen LogP contribution < -0.4 is 0 Å². The molecular weight excluding hydrogens is 537 g/mol. The van der Waals surface area contributed by atoms with Gasteiger partial charge in [-0.05, 0) is 102 Å². The summed E-state index contributed by atoms with van der Waals surface area (Å²) in [6.07, 6.45) is 8.50. The molecule has 0 aliphatic carbocycles. The number of carbonyl (C=O) groups excluding carboxylic acids is 1. The number of amides is 1. The number of hydrogen-bond acceptors (Lipinski definition) is 3. The van der Waals surface area contributed by atoms with Crippen LogP contribution in [0.3, 0.4) is 0 Å². The number of carboxylic acids is 1. The lowest BCUT2D eigenvalue weighted by Gasteiger charge is -2.41. The van der Waals surface area contributed by atoms with E-state index in [1.54, 1.807) is 23.1 Å². The average Bonchev–Trinajstić information content (AvgIpc) is 3.34. The number of aromatic nitrogens is 1. The summed E-state index contributed by atoms with van der Waals surface area (Å²) in [5.74, 6) is -0.777. The highest BCUT2D eigenvalue weighted by Gasteiger charge is 2.38. The summed E-state index contributed by atoms with van der Waals surface area (Å²) in [4.78, 5) is 32.3. The van der Waals surface area contributed by atoms with Gasteiger partial charge in [0.1, 0.15) is 11.9 Å². The van der Waals surface area contributed by atoms with Gasteiger partial charge in [0.25, 0.3) is 0 Å². The molecule has 0 spiro atoms. The molecule has 0 bridgehead atoms. The van der Waals surface area contributed by atoms with E-state index < -0.39 is 12.0 Å². The fourth-order valence-electron chi connectivity index (χ4n) is 5.90. The first-order valence-corrected chi connectivity index (χ1v) is 13.6. The van der Waals surface area contributed by atoms with E-state index >= 15 is 0 Å². The van der Waals surface area contributed by atoms with Crippen molar-refractivity contribution in [2.24, 2.45) is 5.92 Å². The van der Waals surface area contributed by atoms with Crippen LogP contribution in [0, 0.1) is 11.7 Å². The monoisotopic (exact) mass is 567 g/mol. The zero-order valence-electron chi connectivity index (χ0n) is 20.6. The Morgan fingerprint density at radius 2 is 1.78 bits per heavy atom. The Kier molecular flexibility index (Phi) is 7.76. The minimum atomic E-state index is -0.767. The van der Waals surface area contributed by atoms with E-state index in [-0.39, 0.29) is 17.6 Å². The fourth-order valence-corrected chi connectivity index (χ4v) is 6.30. The maximum atomic E-state index is 13.4. The van der Waals surface area contributed by atoms with Gasteiger partial charge in [0.2, 0.25) is 5.91 Å². The van der Waals surface area contributed by atoms with Crippen molar-refractivity contribution in [3.05, 3.63) is 76.2 Å². The number of carboxylic acid groups (broad SMARTS) is 1. The van der Waals surface area contributed by atoms with Crippen molar-refractivity contribution in [3.63, 3.8) is 0 Å². The smallest absolute Gasteiger partial charge is 0.321 e. The second-order valence-corrected chi connectivity index (χ2v) is 10.9. The molecule has 2 fully saturated rings. The molecule has 8 heteroatoms. The normalized spacial score (nSPS) is 19.0. The predicted octanol–water partition coefficient (Wildman–Crippen LogP) is 5.65. The first kappa shape index (κ1) is 25.7. The largest absolute Gasteiger partial charge is 0.480 e. The van der Waals surface area contributed by atoms with Crippen molar-refractivity contribution >= 4 is 44.8 Å². The lowest BCUT2D eigenvalue weighted by molar-refractivity contribution is -0.147. The summed E-state index contributed by atoms with van der Waals surface area (Å²) in [7, 11) is 0. The molecule has 5 rings (SSSR count). The molecular formula is C29H31BrFN3O3. The number of nitrogens with zero attached hydrogens (tertiary/aromatic N) is 2. The van der Waals surface area contributed by atoms with Crippen molar-refractivity contribution in [2.45, 2.75) is 37.6 Å². The Morgan fingerprint density at radius 3 is 2.49 bits per heavy atom. The molecule has 1 aromatic heterocycles. The van der Waals surface area contributed by atoms with Gasteiger partial charge in [-0.25, -0.2) is 4.39 Å². The van der Waals surface area contributed by atoms with E-state index in [0.29, 0.717) is 36.3 Å². The Hall–Kier alpha value is -2.97. The number of carbonyl (C=O) groups is 2. The van der Waals surface area contributed by atoms with Crippen LogP contribution in [0.1, 0.15) is 42.7 Å². The van der Waals surface area contributed by atoms with Crippen LogP contribution in [-0.2, 0) is 9.59 Å². The van der Waals surface area contributed by atoms with Gasteiger partial charge in [-0.15, -0.1) is 0 Å². The van der Waals surface area contributed by atoms with Crippen molar-refractivity contribution < 1.29 is 19.1 Å². The van der Waals surface area contributed by atoms with Gasteiger partial charge in [-0.2, -0.15) is 0 Å². The molecule has 1 atom stereocenters. The number of para-hydroxylation sites is 1. The Balaban J connectivity index is 1.16. The van der Waals surface area contributed by atoms with Crippen LogP contribution in [-0.4, -0.2) is 64.0 Å². The molecule has 3 aromatic rings. The van der Waals surface area contributed by atoms with Crippen LogP contribution in [0.4, 0.5) is 4.39 Å². The van der Waals surface area contributed by atoms with Crippen molar-refractivity contribution in [3.8, 4) is 0 Å². The fraction of sp³-hybridized carbons (Fsp3) is 0.379. The van der Waals surface area contributed by atoms with Crippen LogP contribution in [0.15, 0.2) is 59.2 Å². The van der Waals surface area contributed by atoms with E-state index in [0.717, 1.165) is 37.0 Å². The number of piperidine rings is 2. The third kappa shape index (κ3) is 5.65. The Bertz CT molecular complexity index is 1310. The summed E-state index contributed by atoms with van der Waals surface area (Å²) in [5, 5.41) is 11.4. The van der Waals surface area contributed by atoms with E-state index in [9.17, 15) is 19.1 Å². The minimum Gasteiger partial charge on any atom is -0.480 e. The Labute approximate surface area is 224 Å². The van der Waals surface area contributed by atoms with Gasteiger partial charge in [-0.1, -0.05) is 24.3 Å². The molecule has 2 aliphatic heterocycles. The van der Waals surface area contributed by atoms with Gasteiger partial charge in [0.05, 0.1) is 4.47 Å². The van der Waals surface area contributed by atoms with Gasteiger partial charge in [0.15, 0.2) is 0 Å². The number of H-pyrrole nitrogens is 1. The molecule has 6 nitrogen and oxygen atoms in total. The SMILES string of the molecule is O=C(O)C(C1CCN(C(=O)/C=C/c2ccc(F)c(Br)c2)CC1)N1CCC(c2c[nH]c3ccccc23)CC1. The van der Waals surface area contributed by atoms with E-state index in [1.807, 2.05) is 6.07 Å². The molecule has 1 amide bonds. The number of likely N-dealkylation sites (tertiary alicyclic amines) is 2. The zero-order chi connectivity index (χ0) is 25.9. The van der Waals surface area contributed by atoms with Gasteiger partial charge < -0.3 is 15.0 Å². The molecule has 2 N–H and O–H groups in total. The van der Waals surface area contributed by atoms with Crippen LogP contribution >= 0.6 is 15.9 Å². The molecule has 0 saturated carbocycles. The highest BCUT2D eigenvalue weighted by molar-refractivity contribution is 9.10. The number of halogens is 2. The number of fused-ring (bicyclic) bond motifs is 1. The molecule has 2 aromatic carbocycles. The summed E-state index contributed by atoms with van der Waals surface area (Å²) in [5.41, 5.74) is 3.21. The number of rotatable bonds is 6. The lowest BCUT2D eigenvalue weighted by atomic mass is 9.84. The second-order valence-electron chi connectivity index (χ2n) is 10.1. The molecule has 1 unspecified atom stereocenters. The van der Waals surface area contributed by atoms with Crippen LogP contribution in [0.5, 0.6) is 0 Å². The number of nitrogens with one attached hydrogen (secondary N) is 1. The van der Waals surface area contributed by atoms with E-state index in [2.05, 4.69) is 50.2 Å². The van der Waals surface area contributed by atoms with Crippen molar-refractivity contribution in [1.29, 1.82) is 0 Å². The summed E-state index contributed by atoms with van der Waals surface area (Å²) >= 11 is 3.16. The van der Waals surface area contributed by atoms with Crippen molar-refractivity contribution in [1.82, 2.24) is 14.8 Å². The summed E-state index contributed by atoms with van der Waals surface area (Å²) in [6.45, 7) is 2.60. The first-order chi connectivity index (χ1) is 17.9. The van der Waals surface area contributed by atoms with Crippen molar-refractivity contribution in [2.75, 3.05) is 26.2 Å². The zero-order valence-corrected chi connectivity index (χ0v) is 22.2. The highest BCUT2D eigenvalue weighted by Crippen LogP contribution is 2.35. The first-order valence-electron chi connectivity index (χ1n) is 12.9. The number of aromatic amines is 1. The molecule has 0 radical (unpaired) electrons. The number of aliphatic carboxylic acids is 1. The topological polar surface area (TPSA) is 76.6 Å². The molecule has 194 valence electrons. The predicted molar refractivity (Wildman–Crippen MR) is 146 cm³/mol. The third-order valence-corrected chi connectivity index (χ3v) is 8.50. The minimum absolute atomic E-state index is 0.0169. The van der Waals surface area contributed by atoms with Gasteiger partial charge >= 0.3 is 5.97 Å². The van der Waals surface area contributed by atoms with E-state index in [1.165, 1.54) is 23.1 Å². The maximum absolute atomic E-state index is 13.4. The Morgan fingerprint density at radius 1 is 1.05 bits per heavy atom. The summed E-state index contributed by atoms with van der Waals surface area (Å²) in [6, 6.07) is 12.4. The standard InChI is InChI=1S/C29H31BrFN3O3/c30-24-17-19(5-7-25(24)31)6-8-27(35)33-13-11-21(12-14-33)28(29(36)37)34-15-9-20(10-16-34)23-18-32-26-4-2-1-3-22(23)26/h1-8,17-18,20-21,28,32H,9-16H2,(H,36,37)/b8-6+. The number of benzene rings is 2. The van der Waals surface area contributed by atoms with Crippen LogP contribution in [0.2, 0.25) is 0 Å². The lowest BCUT2D eigenvalue weighted by Crippen LogP contribution is -2.52. The van der Waals surface area contributed by atoms with Crippen LogP contribution in [0.25, 0.3) is 17.0 Å². The molecule has 3 heterocycles. The molecule has 2 saturated heterocycles. The van der Waals surface area contributed by atoms with Gasteiger partial charge in [0, 0.05) is 36.3 Å². The summed E-state index contributed by atoms with van der Waals surface area (Å²) < 4.78 is 13.8. The van der Waals surface area contributed by atoms with E-state index in [4.69, 9.17) is 0 Å². The maximum Gasteiger partial charge on any atom is 0.321 e. The highest BCUT2D eigenvalue weighted by atomic mass is 79.9. The second kappa shape index (κ2) is 11.2.